The van der Waals surface area contributed by atoms with Gasteiger partial charge in [0.05, 0.1) is 38.2 Å². The number of rotatable bonds is 29. The summed E-state index contributed by atoms with van der Waals surface area (Å²) < 4.78 is 6.50. The van der Waals surface area contributed by atoms with E-state index in [1.54, 1.807) is 0 Å². The van der Waals surface area contributed by atoms with Crippen molar-refractivity contribution in [2.75, 3.05) is 106 Å². The molecular weight excluding hydrogens is 626 g/mol. The first kappa shape index (κ1) is 40.9. The first-order chi connectivity index (χ1) is 24.0. The fourth-order valence-electron chi connectivity index (χ4n) is 5.50. The zero-order chi connectivity index (χ0) is 35.2. The largest absolute Gasteiger partial charge is 0.494 e. The maximum atomic E-state index is 9.88. The second kappa shape index (κ2) is 23.8. The standard InChI is InChI=1S/C36H62N7O6/c1-2-3-8-33-9-11-34(12-10-33)37-38-35-13-15-36(16-14-35)49-26-7-5-4-6-17-39(28-44)18-19-40(29-45)20-21-41(30-46)22-23-42(31-47)27-43(32-48)24-25-43/h9-16,44-48H,2-8,17-32H2,1H3/q+1. The predicted molar refractivity (Wildman–Crippen MR) is 191 cm³/mol. The van der Waals surface area contributed by atoms with Gasteiger partial charge in [-0.2, -0.15) is 10.2 Å². The molecule has 1 aliphatic heterocycles. The lowest BCUT2D eigenvalue weighted by atomic mass is 10.1. The Morgan fingerprint density at radius 3 is 1.57 bits per heavy atom. The summed E-state index contributed by atoms with van der Waals surface area (Å²) in [4.78, 5) is 7.64. The summed E-state index contributed by atoms with van der Waals surface area (Å²) in [6.45, 7) is 9.35. The third kappa shape index (κ3) is 16.3. The predicted octanol–water partition coefficient (Wildman–Crippen LogP) is 3.13. The van der Waals surface area contributed by atoms with Crippen molar-refractivity contribution in [2.45, 2.75) is 51.9 Å². The molecule has 3 rings (SSSR count). The van der Waals surface area contributed by atoms with Crippen LogP contribution in [0.25, 0.3) is 0 Å². The Morgan fingerprint density at radius 1 is 0.592 bits per heavy atom. The Hall–Kier alpha value is -2.56. The van der Waals surface area contributed by atoms with Crippen LogP contribution < -0.4 is 4.74 Å². The smallest absolute Gasteiger partial charge is 0.181 e. The van der Waals surface area contributed by atoms with Gasteiger partial charge < -0.3 is 30.3 Å². The minimum atomic E-state index is -0.111. The van der Waals surface area contributed by atoms with E-state index in [-0.39, 0.29) is 33.7 Å². The number of ether oxygens (including phenoxy) is 1. The van der Waals surface area contributed by atoms with E-state index >= 15 is 0 Å². The van der Waals surface area contributed by atoms with Crippen LogP contribution in [0.15, 0.2) is 58.8 Å². The number of quaternary nitrogens is 1. The van der Waals surface area contributed by atoms with Gasteiger partial charge in [-0.3, -0.25) is 19.2 Å². The topological polar surface area (TPSA) is 148 Å². The molecule has 13 nitrogen and oxygen atoms in total. The van der Waals surface area contributed by atoms with Crippen molar-refractivity contribution in [3.05, 3.63) is 54.1 Å². The Morgan fingerprint density at radius 2 is 1.08 bits per heavy atom. The molecule has 13 heteroatoms. The van der Waals surface area contributed by atoms with Crippen LogP contribution in [-0.4, -0.2) is 155 Å². The number of aliphatic hydroxyl groups excluding tert-OH is 5. The average Bonchev–Trinajstić information content (AvgIpc) is 3.93. The first-order valence-electron chi connectivity index (χ1n) is 18.0. The van der Waals surface area contributed by atoms with Crippen molar-refractivity contribution in [1.82, 2.24) is 19.6 Å². The minimum Gasteiger partial charge on any atom is -0.494 e. The maximum Gasteiger partial charge on any atom is 0.181 e. The normalized spacial score (nSPS) is 14.2. The number of aliphatic hydroxyl groups is 5. The van der Waals surface area contributed by atoms with Crippen LogP contribution in [0.3, 0.4) is 0 Å². The van der Waals surface area contributed by atoms with E-state index in [2.05, 4.69) is 29.3 Å². The monoisotopic (exact) mass is 688 g/mol. The second-order valence-corrected chi connectivity index (χ2v) is 13.1. The summed E-state index contributed by atoms with van der Waals surface area (Å²) in [5.74, 6) is 0.817. The molecule has 1 aliphatic rings. The van der Waals surface area contributed by atoms with E-state index < -0.39 is 0 Å². The minimum absolute atomic E-state index is 0.0309. The summed E-state index contributed by atoms with van der Waals surface area (Å²) >= 11 is 0. The van der Waals surface area contributed by atoms with Gasteiger partial charge in [0.1, 0.15) is 32.2 Å². The summed E-state index contributed by atoms with van der Waals surface area (Å²) in [5, 5.41) is 57.5. The molecule has 0 unspecified atom stereocenters. The first-order valence-corrected chi connectivity index (χ1v) is 18.0. The maximum absolute atomic E-state index is 9.88. The van der Waals surface area contributed by atoms with Gasteiger partial charge in [0, 0.05) is 45.8 Å². The molecule has 1 heterocycles. The van der Waals surface area contributed by atoms with E-state index in [9.17, 15) is 25.5 Å². The molecule has 0 spiro atoms. The highest BCUT2D eigenvalue weighted by Gasteiger charge is 2.42. The van der Waals surface area contributed by atoms with E-state index in [0.29, 0.717) is 57.0 Å². The third-order valence-electron chi connectivity index (χ3n) is 9.16. The quantitative estimate of drug-likeness (QED) is 0.0284. The number of nitrogens with zero attached hydrogens (tertiary/aromatic N) is 7. The fraction of sp³-hybridized carbons (Fsp3) is 0.667. The average molecular weight is 689 g/mol. The molecule has 5 N–H and O–H groups in total. The molecule has 1 fully saturated rings. The van der Waals surface area contributed by atoms with E-state index in [1.165, 1.54) is 18.4 Å². The molecule has 0 amide bonds. The van der Waals surface area contributed by atoms with Crippen molar-refractivity contribution in [2.24, 2.45) is 10.2 Å². The molecular formula is C36H62N7O6+. The van der Waals surface area contributed by atoms with Gasteiger partial charge in [0.2, 0.25) is 0 Å². The number of unbranched alkanes of at least 4 members (excludes halogenated alkanes) is 4. The fourth-order valence-corrected chi connectivity index (χ4v) is 5.50. The number of hydrogen-bond acceptors (Lipinski definition) is 12. The third-order valence-corrected chi connectivity index (χ3v) is 9.16. The highest BCUT2D eigenvalue weighted by atomic mass is 16.5. The lowest BCUT2D eigenvalue weighted by Crippen LogP contribution is -2.46. The van der Waals surface area contributed by atoms with Crippen molar-refractivity contribution in [3.8, 4) is 5.75 Å². The van der Waals surface area contributed by atoms with Crippen LogP contribution in [0.1, 0.15) is 51.0 Å². The van der Waals surface area contributed by atoms with Gasteiger partial charge in [0.25, 0.3) is 0 Å². The van der Waals surface area contributed by atoms with Crippen LogP contribution in [0.4, 0.5) is 11.4 Å². The Balaban J connectivity index is 1.23. The van der Waals surface area contributed by atoms with Crippen LogP contribution in [0, 0.1) is 0 Å². The van der Waals surface area contributed by atoms with Gasteiger partial charge in [-0.05, 0) is 67.6 Å². The number of azo groups is 1. The van der Waals surface area contributed by atoms with Gasteiger partial charge in [-0.15, -0.1) is 0 Å². The molecule has 2 aromatic carbocycles. The summed E-state index contributed by atoms with van der Waals surface area (Å²) in [5.41, 5.74) is 2.96. The highest BCUT2D eigenvalue weighted by molar-refractivity contribution is 5.43. The summed E-state index contributed by atoms with van der Waals surface area (Å²) in [6.07, 6.45) is 7.48. The number of aryl methyl sites for hydroxylation is 1. The van der Waals surface area contributed by atoms with Crippen molar-refractivity contribution < 1.29 is 34.8 Å². The van der Waals surface area contributed by atoms with Crippen LogP contribution in [0.2, 0.25) is 0 Å². The van der Waals surface area contributed by atoms with Gasteiger partial charge in [-0.25, -0.2) is 4.90 Å². The molecule has 276 valence electrons. The molecule has 0 atom stereocenters. The lowest BCUT2D eigenvalue weighted by molar-refractivity contribution is -0.833. The molecule has 1 saturated heterocycles. The molecule has 0 aliphatic carbocycles. The Bertz CT molecular complexity index is 1150. The lowest BCUT2D eigenvalue weighted by Gasteiger charge is -2.29. The molecule has 0 bridgehead atoms. The van der Waals surface area contributed by atoms with E-state index in [4.69, 9.17) is 4.74 Å². The number of benzene rings is 2. The van der Waals surface area contributed by atoms with Crippen LogP contribution >= 0.6 is 0 Å². The Kier molecular flexibility index (Phi) is 19.8. The zero-order valence-corrected chi connectivity index (χ0v) is 29.7. The van der Waals surface area contributed by atoms with Crippen molar-refractivity contribution >= 4 is 11.4 Å². The van der Waals surface area contributed by atoms with Crippen molar-refractivity contribution in [3.63, 3.8) is 0 Å². The molecule has 0 radical (unpaired) electrons. The second-order valence-electron chi connectivity index (χ2n) is 13.1. The molecule has 2 aromatic rings. The zero-order valence-electron chi connectivity index (χ0n) is 29.7. The summed E-state index contributed by atoms with van der Waals surface area (Å²) in [7, 11) is 0. The Labute approximate surface area is 293 Å². The van der Waals surface area contributed by atoms with E-state index in [0.717, 1.165) is 68.9 Å². The van der Waals surface area contributed by atoms with Crippen LogP contribution in [-0.2, 0) is 6.42 Å². The van der Waals surface area contributed by atoms with Gasteiger partial charge >= 0.3 is 0 Å². The van der Waals surface area contributed by atoms with Crippen LogP contribution in [0.5, 0.6) is 5.75 Å². The molecule has 49 heavy (non-hydrogen) atoms. The van der Waals surface area contributed by atoms with Gasteiger partial charge in [0.15, 0.2) is 6.73 Å². The summed E-state index contributed by atoms with van der Waals surface area (Å²) in [6, 6.07) is 15.9. The highest BCUT2D eigenvalue weighted by Crippen LogP contribution is 2.22. The molecule has 0 aromatic heterocycles. The SMILES string of the molecule is CCCCc1ccc(N=Nc2ccc(OCCCCCCN(CO)CCN(CO)CCN(CO)CCN(CO)C[N+]3(CO)CC3)cc2)cc1. The van der Waals surface area contributed by atoms with Crippen molar-refractivity contribution in [1.29, 1.82) is 0 Å². The van der Waals surface area contributed by atoms with Gasteiger partial charge in [-0.1, -0.05) is 38.3 Å². The van der Waals surface area contributed by atoms with E-state index in [1.807, 2.05) is 56.0 Å². The number of hydrogen-bond donors (Lipinski definition) is 5. The molecule has 0 saturated carbocycles.